The van der Waals surface area contributed by atoms with E-state index in [9.17, 15) is 0 Å². The van der Waals surface area contributed by atoms with Gasteiger partial charge in [0.15, 0.2) is 0 Å². The molecule has 21 heavy (non-hydrogen) atoms. The maximum absolute atomic E-state index is 5.17. The largest absolute Gasteiger partial charge is 0.385 e. The lowest BCUT2D eigenvalue weighted by Crippen LogP contribution is -2.57. The minimum atomic E-state index is 0.623. The van der Waals surface area contributed by atoms with Gasteiger partial charge in [0.1, 0.15) is 0 Å². The molecule has 1 N–H and O–H groups in total. The summed E-state index contributed by atoms with van der Waals surface area (Å²) in [6, 6.07) is 12.1. The van der Waals surface area contributed by atoms with Crippen LogP contribution in [-0.4, -0.2) is 50.3 Å². The third-order valence-corrected chi connectivity index (χ3v) is 4.46. The van der Waals surface area contributed by atoms with E-state index < -0.39 is 0 Å². The molecular weight excluding hydrogens is 260 g/mol. The zero-order valence-corrected chi connectivity index (χ0v) is 13.6. The average Bonchev–Trinajstić information content (AvgIpc) is 2.54. The van der Waals surface area contributed by atoms with Gasteiger partial charge in [-0.3, -0.25) is 4.90 Å². The van der Waals surface area contributed by atoms with Crippen LogP contribution < -0.4 is 5.32 Å². The Kier molecular flexibility index (Phi) is 7.20. The van der Waals surface area contributed by atoms with E-state index >= 15 is 0 Å². The van der Waals surface area contributed by atoms with E-state index in [0.29, 0.717) is 12.1 Å². The summed E-state index contributed by atoms with van der Waals surface area (Å²) in [6.45, 7) is 6.64. The van der Waals surface area contributed by atoms with Gasteiger partial charge in [-0.1, -0.05) is 37.3 Å². The van der Waals surface area contributed by atoms with Gasteiger partial charge in [-0.15, -0.1) is 0 Å². The van der Waals surface area contributed by atoms with Crippen LogP contribution in [0.2, 0.25) is 0 Å². The van der Waals surface area contributed by atoms with Crippen molar-refractivity contribution in [3.8, 4) is 0 Å². The summed E-state index contributed by atoms with van der Waals surface area (Å²) in [6.07, 6.45) is 4.76. The molecule has 0 aromatic heterocycles. The zero-order chi connectivity index (χ0) is 14.9. The Balaban J connectivity index is 1.89. The van der Waals surface area contributed by atoms with Crippen molar-refractivity contribution in [3.05, 3.63) is 35.9 Å². The van der Waals surface area contributed by atoms with Gasteiger partial charge in [0, 0.05) is 38.9 Å². The molecule has 0 spiro atoms. The topological polar surface area (TPSA) is 24.5 Å². The van der Waals surface area contributed by atoms with Crippen LogP contribution in [0.4, 0.5) is 0 Å². The van der Waals surface area contributed by atoms with Crippen molar-refractivity contribution in [2.75, 3.05) is 33.4 Å². The fourth-order valence-corrected chi connectivity index (χ4v) is 3.12. The van der Waals surface area contributed by atoms with Gasteiger partial charge >= 0.3 is 0 Å². The van der Waals surface area contributed by atoms with Crippen molar-refractivity contribution in [1.82, 2.24) is 10.2 Å². The molecule has 1 aromatic carbocycles. The Morgan fingerprint density at radius 3 is 2.76 bits per heavy atom. The van der Waals surface area contributed by atoms with Crippen LogP contribution in [0.25, 0.3) is 0 Å². The molecule has 1 fully saturated rings. The highest BCUT2D eigenvalue weighted by Crippen LogP contribution is 2.15. The van der Waals surface area contributed by atoms with Gasteiger partial charge in [0.2, 0.25) is 0 Å². The molecule has 2 unspecified atom stereocenters. The lowest BCUT2D eigenvalue weighted by Gasteiger charge is -2.40. The van der Waals surface area contributed by atoms with Crippen molar-refractivity contribution in [1.29, 1.82) is 0 Å². The van der Waals surface area contributed by atoms with Crippen LogP contribution >= 0.6 is 0 Å². The van der Waals surface area contributed by atoms with Crippen LogP contribution in [0.1, 0.15) is 31.7 Å². The number of benzene rings is 1. The van der Waals surface area contributed by atoms with Crippen molar-refractivity contribution >= 4 is 0 Å². The zero-order valence-electron chi connectivity index (χ0n) is 13.6. The Hall–Kier alpha value is -0.900. The van der Waals surface area contributed by atoms with Gasteiger partial charge in [0.05, 0.1) is 0 Å². The molecule has 0 amide bonds. The molecule has 1 saturated heterocycles. The quantitative estimate of drug-likeness (QED) is 0.745. The molecule has 1 aromatic rings. The minimum absolute atomic E-state index is 0.623. The van der Waals surface area contributed by atoms with Crippen LogP contribution in [0.5, 0.6) is 0 Å². The van der Waals surface area contributed by atoms with E-state index in [2.05, 4.69) is 47.5 Å². The van der Waals surface area contributed by atoms with Crippen LogP contribution in [0, 0.1) is 0 Å². The first-order chi connectivity index (χ1) is 10.3. The molecule has 3 nitrogen and oxygen atoms in total. The van der Waals surface area contributed by atoms with Crippen LogP contribution in [0.3, 0.4) is 0 Å². The van der Waals surface area contributed by atoms with Gasteiger partial charge in [0.25, 0.3) is 0 Å². The minimum Gasteiger partial charge on any atom is -0.385 e. The summed E-state index contributed by atoms with van der Waals surface area (Å²) in [4.78, 5) is 2.69. The molecule has 0 radical (unpaired) electrons. The summed E-state index contributed by atoms with van der Waals surface area (Å²) in [5.74, 6) is 0. The number of nitrogens with zero attached hydrogens (tertiary/aromatic N) is 1. The van der Waals surface area contributed by atoms with Crippen LogP contribution in [-0.2, 0) is 11.2 Å². The highest BCUT2D eigenvalue weighted by molar-refractivity contribution is 5.16. The van der Waals surface area contributed by atoms with Crippen molar-refractivity contribution in [3.63, 3.8) is 0 Å². The molecule has 0 bridgehead atoms. The van der Waals surface area contributed by atoms with Gasteiger partial charge in [-0.2, -0.15) is 0 Å². The first kappa shape index (κ1) is 16.5. The maximum atomic E-state index is 5.17. The highest BCUT2D eigenvalue weighted by Gasteiger charge is 2.26. The maximum Gasteiger partial charge on any atom is 0.0462 e. The molecule has 1 heterocycles. The molecule has 0 saturated carbocycles. The Morgan fingerprint density at radius 1 is 1.24 bits per heavy atom. The monoisotopic (exact) mass is 290 g/mol. The van der Waals surface area contributed by atoms with Crippen molar-refractivity contribution in [2.24, 2.45) is 0 Å². The van der Waals surface area contributed by atoms with Crippen LogP contribution in [0.15, 0.2) is 30.3 Å². The van der Waals surface area contributed by atoms with Gasteiger partial charge < -0.3 is 10.1 Å². The van der Waals surface area contributed by atoms with E-state index in [1.54, 1.807) is 7.11 Å². The second-order valence-electron chi connectivity index (χ2n) is 6.05. The number of piperazine rings is 1. The smallest absolute Gasteiger partial charge is 0.0462 e. The summed E-state index contributed by atoms with van der Waals surface area (Å²) < 4.78 is 5.17. The third-order valence-electron chi connectivity index (χ3n) is 4.46. The predicted octanol–water partition coefficient (Wildman–Crippen LogP) is 2.71. The molecule has 2 atom stereocenters. The summed E-state index contributed by atoms with van der Waals surface area (Å²) >= 11 is 0. The molecule has 1 aliphatic rings. The number of unbranched alkanes of at least 4 members (excludes halogenated alkanes) is 1. The highest BCUT2D eigenvalue weighted by atomic mass is 16.5. The number of ether oxygens (including phenoxy) is 1. The third kappa shape index (κ3) is 5.42. The summed E-state index contributed by atoms with van der Waals surface area (Å²) in [5, 5.41) is 3.70. The Bertz CT molecular complexity index is 382. The second kappa shape index (κ2) is 9.19. The molecule has 118 valence electrons. The van der Waals surface area contributed by atoms with Gasteiger partial charge in [-0.05, 0) is 37.8 Å². The first-order valence-corrected chi connectivity index (χ1v) is 8.33. The number of rotatable bonds is 8. The Labute approximate surface area is 129 Å². The number of hydrogen-bond donors (Lipinski definition) is 1. The van der Waals surface area contributed by atoms with Gasteiger partial charge in [-0.25, -0.2) is 0 Å². The molecule has 3 heteroatoms. The summed E-state index contributed by atoms with van der Waals surface area (Å²) in [5.41, 5.74) is 1.45. The number of nitrogens with one attached hydrogen (secondary N) is 1. The fraction of sp³-hybridized carbons (Fsp3) is 0.667. The lowest BCUT2D eigenvalue weighted by atomic mass is 9.99. The SMILES string of the molecule is CCC1CN(CCCCOC)C(Cc2ccccc2)CN1. The predicted molar refractivity (Wildman–Crippen MR) is 88.7 cm³/mol. The first-order valence-electron chi connectivity index (χ1n) is 8.33. The van der Waals surface area contributed by atoms with E-state index in [-0.39, 0.29) is 0 Å². The fourth-order valence-electron chi connectivity index (χ4n) is 3.12. The molecular formula is C18H30N2O. The van der Waals surface area contributed by atoms with E-state index in [4.69, 9.17) is 4.74 Å². The Morgan fingerprint density at radius 2 is 2.05 bits per heavy atom. The van der Waals surface area contributed by atoms with E-state index in [1.807, 2.05) is 0 Å². The van der Waals surface area contributed by atoms with Crippen molar-refractivity contribution < 1.29 is 4.74 Å². The van der Waals surface area contributed by atoms with E-state index in [0.717, 1.165) is 26.0 Å². The lowest BCUT2D eigenvalue weighted by molar-refractivity contribution is 0.119. The second-order valence-corrected chi connectivity index (χ2v) is 6.05. The standard InChI is InChI=1S/C18H30N2O/c1-3-17-15-20(11-7-8-12-21-2)18(14-19-17)13-16-9-5-4-6-10-16/h4-6,9-10,17-19H,3,7-8,11-15H2,1-2H3. The summed E-state index contributed by atoms with van der Waals surface area (Å²) in [7, 11) is 1.79. The number of hydrogen-bond acceptors (Lipinski definition) is 3. The normalized spacial score (nSPS) is 23.3. The number of methoxy groups -OCH3 is 1. The molecule has 2 rings (SSSR count). The molecule has 1 aliphatic heterocycles. The average molecular weight is 290 g/mol. The van der Waals surface area contributed by atoms with Crippen molar-refractivity contribution in [2.45, 2.75) is 44.7 Å². The molecule has 0 aliphatic carbocycles. The van der Waals surface area contributed by atoms with E-state index in [1.165, 1.54) is 31.5 Å².